The highest BCUT2D eigenvalue weighted by atomic mass is 15.3. The van der Waals surface area contributed by atoms with E-state index in [4.69, 9.17) is 0 Å². The molecule has 3 nitrogen and oxygen atoms in total. The number of nitrogens with one attached hydrogen (secondary N) is 1. The highest BCUT2D eigenvalue weighted by Gasteiger charge is 2.32. The first kappa shape index (κ1) is 12.9. The average Bonchev–Trinajstić information content (AvgIpc) is 2.39. The van der Waals surface area contributed by atoms with Crippen LogP contribution in [0, 0.1) is 0 Å². The van der Waals surface area contributed by atoms with Crippen LogP contribution in [0.25, 0.3) is 0 Å². The number of benzene rings is 1. The lowest BCUT2D eigenvalue weighted by molar-refractivity contribution is 0.147. The van der Waals surface area contributed by atoms with Gasteiger partial charge in [-0.1, -0.05) is 26.0 Å². The van der Waals surface area contributed by atoms with Crippen LogP contribution in [-0.2, 0) is 0 Å². The fourth-order valence-electron chi connectivity index (χ4n) is 3.01. The lowest BCUT2D eigenvalue weighted by Gasteiger charge is -2.48. The molecule has 2 heterocycles. The van der Waals surface area contributed by atoms with Gasteiger partial charge in [-0.3, -0.25) is 4.90 Å². The second-order valence-corrected chi connectivity index (χ2v) is 6.09. The monoisotopic (exact) mass is 259 g/mol. The predicted octanol–water partition coefficient (Wildman–Crippen LogP) is 1.90. The van der Waals surface area contributed by atoms with Gasteiger partial charge in [-0.05, 0) is 23.6 Å². The molecule has 0 spiro atoms. The van der Waals surface area contributed by atoms with Crippen molar-refractivity contribution in [1.82, 2.24) is 10.2 Å². The Balaban J connectivity index is 1.55. The molecule has 1 aromatic carbocycles. The van der Waals surface area contributed by atoms with E-state index in [2.05, 4.69) is 53.2 Å². The number of anilines is 1. The Kier molecular flexibility index (Phi) is 3.76. The zero-order valence-corrected chi connectivity index (χ0v) is 12.1. The maximum atomic E-state index is 3.42. The molecular weight excluding hydrogens is 234 g/mol. The van der Waals surface area contributed by atoms with E-state index >= 15 is 0 Å². The smallest absolute Gasteiger partial charge is 0.0447 e. The number of hydrogen-bond donors (Lipinski definition) is 1. The average molecular weight is 259 g/mol. The summed E-state index contributed by atoms with van der Waals surface area (Å²) in [6, 6.07) is 9.88. The Hall–Kier alpha value is -1.06. The van der Waals surface area contributed by atoms with E-state index in [0.29, 0.717) is 5.92 Å². The van der Waals surface area contributed by atoms with Gasteiger partial charge in [-0.25, -0.2) is 0 Å². The quantitative estimate of drug-likeness (QED) is 0.894. The summed E-state index contributed by atoms with van der Waals surface area (Å²) in [6.45, 7) is 11.6. The van der Waals surface area contributed by atoms with Gasteiger partial charge in [-0.2, -0.15) is 0 Å². The molecule has 0 aromatic heterocycles. The number of hydrogen-bond acceptors (Lipinski definition) is 3. The molecule has 0 bridgehead atoms. The fourth-order valence-corrected chi connectivity index (χ4v) is 3.01. The van der Waals surface area contributed by atoms with Crippen LogP contribution in [-0.4, -0.2) is 50.2 Å². The minimum absolute atomic E-state index is 0.624. The molecule has 3 rings (SSSR count). The molecular formula is C16H25N3. The fraction of sp³-hybridized carbons (Fsp3) is 0.625. The van der Waals surface area contributed by atoms with Crippen molar-refractivity contribution in [2.75, 3.05) is 44.2 Å². The van der Waals surface area contributed by atoms with E-state index in [0.717, 1.165) is 19.1 Å². The van der Waals surface area contributed by atoms with Gasteiger partial charge in [-0.15, -0.1) is 0 Å². The molecule has 0 atom stereocenters. The second kappa shape index (κ2) is 5.51. The maximum absolute atomic E-state index is 3.42. The molecule has 0 radical (unpaired) electrons. The Bertz CT molecular complexity index is 401. The zero-order chi connectivity index (χ0) is 13.2. The first-order valence-corrected chi connectivity index (χ1v) is 7.54. The van der Waals surface area contributed by atoms with Crippen molar-refractivity contribution in [3.63, 3.8) is 0 Å². The van der Waals surface area contributed by atoms with E-state index in [-0.39, 0.29) is 0 Å². The third kappa shape index (κ3) is 2.77. The molecule has 1 aromatic rings. The molecule has 3 heteroatoms. The van der Waals surface area contributed by atoms with Gasteiger partial charge in [0.2, 0.25) is 0 Å². The van der Waals surface area contributed by atoms with Crippen LogP contribution in [0.2, 0.25) is 0 Å². The van der Waals surface area contributed by atoms with Crippen LogP contribution in [0.4, 0.5) is 5.69 Å². The molecule has 0 aliphatic carbocycles. The summed E-state index contributed by atoms with van der Waals surface area (Å²) >= 11 is 0. The molecule has 2 saturated heterocycles. The highest BCUT2D eigenvalue weighted by molar-refractivity contribution is 5.50. The standard InChI is InChI=1S/C16H25N3/c1-13(2)14-3-5-15(6-4-14)19-11-16(12-19)18-9-7-17-8-10-18/h3-6,13,16-17H,7-12H2,1-2H3. The Morgan fingerprint density at radius 1 is 1.05 bits per heavy atom. The van der Waals surface area contributed by atoms with Gasteiger partial charge in [0.05, 0.1) is 0 Å². The summed E-state index contributed by atoms with van der Waals surface area (Å²) in [5.41, 5.74) is 2.82. The van der Waals surface area contributed by atoms with E-state index in [9.17, 15) is 0 Å². The van der Waals surface area contributed by atoms with Gasteiger partial charge >= 0.3 is 0 Å². The summed E-state index contributed by atoms with van der Waals surface area (Å²) in [5, 5.41) is 3.42. The zero-order valence-electron chi connectivity index (χ0n) is 12.1. The van der Waals surface area contributed by atoms with Crippen molar-refractivity contribution >= 4 is 5.69 Å². The highest BCUT2D eigenvalue weighted by Crippen LogP contribution is 2.25. The van der Waals surface area contributed by atoms with Crippen LogP contribution >= 0.6 is 0 Å². The summed E-state index contributed by atoms with van der Waals surface area (Å²) in [6.07, 6.45) is 0. The normalized spacial score (nSPS) is 21.7. The van der Waals surface area contributed by atoms with Gasteiger partial charge < -0.3 is 10.2 Å². The first-order chi connectivity index (χ1) is 9.24. The van der Waals surface area contributed by atoms with Crippen molar-refractivity contribution in [3.8, 4) is 0 Å². The summed E-state index contributed by atoms with van der Waals surface area (Å²) in [4.78, 5) is 5.13. The van der Waals surface area contributed by atoms with Gasteiger partial charge in [0.1, 0.15) is 0 Å². The van der Waals surface area contributed by atoms with E-state index in [1.807, 2.05) is 0 Å². The van der Waals surface area contributed by atoms with Crippen LogP contribution < -0.4 is 10.2 Å². The lowest BCUT2D eigenvalue weighted by atomic mass is 10.0. The van der Waals surface area contributed by atoms with Crippen molar-refractivity contribution in [2.45, 2.75) is 25.8 Å². The molecule has 2 aliphatic heterocycles. The molecule has 19 heavy (non-hydrogen) atoms. The van der Waals surface area contributed by atoms with Crippen molar-refractivity contribution in [2.24, 2.45) is 0 Å². The first-order valence-electron chi connectivity index (χ1n) is 7.54. The molecule has 0 unspecified atom stereocenters. The Labute approximate surface area is 116 Å². The van der Waals surface area contributed by atoms with Gasteiger partial charge in [0.25, 0.3) is 0 Å². The van der Waals surface area contributed by atoms with Gasteiger partial charge in [0, 0.05) is 51.0 Å². The van der Waals surface area contributed by atoms with Crippen LogP contribution in [0.1, 0.15) is 25.3 Å². The SMILES string of the molecule is CC(C)c1ccc(N2CC(N3CCNCC3)C2)cc1. The molecule has 2 aliphatic rings. The third-order valence-corrected chi connectivity index (χ3v) is 4.46. The summed E-state index contributed by atoms with van der Waals surface area (Å²) < 4.78 is 0. The number of nitrogens with zero attached hydrogens (tertiary/aromatic N) is 2. The van der Waals surface area contributed by atoms with Crippen molar-refractivity contribution < 1.29 is 0 Å². The van der Waals surface area contributed by atoms with Crippen LogP contribution in [0.5, 0.6) is 0 Å². The largest absolute Gasteiger partial charge is 0.368 e. The van der Waals surface area contributed by atoms with E-state index < -0.39 is 0 Å². The number of piperazine rings is 1. The Morgan fingerprint density at radius 3 is 2.26 bits per heavy atom. The molecule has 2 fully saturated rings. The lowest BCUT2D eigenvalue weighted by Crippen LogP contribution is -2.62. The summed E-state index contributed by atoms with van der Waals surface area (Å²) in [5.74, 6) is 0.624. The van der Waals surface area contributed by atoms with E-state index in [1.54, 1.807) is 0 Å². The minimum Gasteiger partial charge on any atom is -0.368 e. The maximum Gasteiger partial charge on any atom is 0.0447 e. The van der Waals surface area contributed by atoms with Crippen molar-refractivity contribution in [3.05, 3.63) is 29.8 Å². The van der Waals surface area contributed by atoms with Crippen LogP contribution in [0.3, 0.4) is 0 Å². The predicted molar refractivity (Wildman–Crippen MR) is 81.0 cm³/mol. The Morgan fingerprint density at radius 2 is 1.68 bits per heavy atom. The summed E-state index contributed by atoms with van der Waals surface area (Å²) in [7, 11) is 0. The third-order valence-electron chi connectivity index (χ3n) is 4.46. The molecule has 0 saturated carbocycles. The van der Waals surface area contributed by atoms with E-state index in [1.165, 1.54) is 37.4 Å². The molecule has 1 N–H and O–H groups in total. The van der Waals surface area contributed by atoms with Crippen LogP contribution in [0.15, 0.2) is 24.3 Å². The minimum atomic E-state index is 0.624. The molecule has 0 amide bonds. The van der Waals surface area contributed by atoms with Crippen molar-refractivity contribution in [1.29, 1.82) is 0 Å². The second-order valence-electron chi connectivity index (χ2n) is 6.09. The number of rotatable bonds is 3. The topological polar surface area (TPSA) is 18.5 Å². The molecule has 104 valence electrons. The van der Waals surface area contributed by atoms with Gasteiger partial charge in [0.15, 0.2) is 0 Å².